The largest absolute Gasteiger partial charge is 0.493 e. The number of primary amides is 3. The quantitative estimate of drug-likeness (QED) is 0.0340. The average molecular weight is 1560 g/mol. The normalized spacial score (nSPS) is 19.1. The molecule has 3 aromatic carbocycles. The fraction of sp³-hybridized carbons (Fsp3) is 0.484. The number of carbonyl (C=O) groups excluding carboxylic acids is 3. The van der Waals surface area contributed by atoms with E-state index in [9.17, 15) is 45.2 Å². The molecule has 3 saturated heterocycles. The number of halogens is 5. The third kappa shape index (κ3) is 19.6. The molecular formula is C64H86B2BrCl4N15O12Si2. The minimum Gasteiger partial charge on any atom is -0.423 e. The highest BCUT2D eigenvalue weighted by molar-refractivity contribution is 9.10. The van der Waals surface area contributed by atoms with Crippen molar-refractivity contribution in [1.29, 1.82) is 15.8 Å². The first kappa shape index (κ1) is 82.4. The molecule has 7 heterocycles. The summed E-state index contributed by atoms with van der Waals surface area (Å²) in [6, 6.07) is 16.1. The highest BCUT2D eigenvalue weighted by atomic mass is 79.9. The molecule has 3 fully saturated rings. The molecule has 0 spiro atoms. The first-order valence-electron chi connectivity index (χ1n) is 31.5. The topological polar surface area (TPSA) is 406 Å². The fourth-order valence-corrected chi connectivity index (χ4v) is 13.8. The summed E-state index contributed by atoms with van der Waals surface area (Å²) in [6.07, 6.45) is 6.36. The number of nitrogens with one attached hydrogen (secondary N) is 3. The molecule has 36 heteroatoms. The number of benzene rings is 3. The van der Waals surface area contributed by atoms with E-state index in [0.29, 0.717) is 109 Å². The minimum absolute atomic E-state index is 0. The highest BCUT2D eigenvalue weighted by Gasteiger charge is 2.40. The smallest absolute Gasteiger partial charge is 0.423 e. The van der Waals surface area contributed by atoms with Crippen LogP contribution in [0.5, 0.6) is 0 Å². The summed E-state index contributed by atoms with van der Waals surface area (Å²) in [6.45, 7) is 24.7. The monoisotopic (exact) mass is 1550 g/mol. The van der Waals surface area contributed by atoms with Gasteiger partial charge in [0, 0.05) is 80.9 Å². The molecule has 0 radical (unpaired) electrons. The Morgan fingerprint density at radius 1 is 0.640 bits per heavy atom. The van der Waals surface area contributed by atoms with E-state index in [0.717, 1.165) is 15.6 Å². The van der Waals surface area contributed by atoms with Gasteiger partial charge >= 0.3 is 14.2 Å². The van der Waals surface area contributed by atoms with Crippen LogP contribution in [0.1, 0.15) is 134 Å². The van der Waals surface area contributed by atoms with Crippen molar-refractivity contribution in [2.24, 2.45) is 35.0 Å². The number of rotatable bonds is 19. The van der Waals surface area contributed by atoms with Crippen LogP contribution in [0, 0.1) is 51.7 Å². The van der Waals surface area contributed by atoms with Crippen LogP contribution in [-0.2, 0) is 47.5 Å². The van der Waals surface area contributed by atoms with Crippen LogP contribution in [0.3, 0.4) is 0 Å². The Morgan fingerprint density at radius 3 is 1.35 bits per heavy atom. The molecule has 0 aliphatic carbocycles. The lowest BCUT2D eigenvalue weighted by Crippen LogP contribution is -2.42. The standard InChI is InChI=1S/C23H33BClN5O5Si.C23H31BrClN5O3Si.C17H17BClN5O4.CH4.ClH/c1-23(2,3)36(4,5)35-12-15-8-16(9-18(25)20(15)24(32)33)28-22-17(21(27)31)11-30(29-22)19-13-34-7-6-14(19)10-26;1-23(2,3)34(4,5)33-12-15-8-16(9-18(25)20(15)24)28-22-17(21(27)31)11-30(29-22)19-13-32-7-6-14(19)10-26;19-13-4-11(3-10-7-28-18(26)15(10)13)22-17-12(16(21)25)6-24(23-17)14-8-27-2-1-9(14)5-20;;/h8-9,11,14,19,32-33H,6-7,12-13H2,1-5H3,(H2,27,31)(H,28,29);8-9,11,14,19H,6-7,12-13H2,1-5H3,(H2,27,31)(H,28,29);3-4,6,9,14,26H,1-2,7-8H2,(H2,21,25)(H,22,23);1H4;1H/t2*14-,19?;9-,14?;;/m111../s1. The van der Waals surface area contributed by atoms with Crippen LogP contribution in [0.2, 0.25) is 51.3 Å². The minimum atomic E-state index is -2.15. The molecule has 4 aliphatic heterocycles. The lowest BCUT2D eigenvalue weighted by molar-refractivity contribution is 0.0341. The third-order valence-electron chi connectivity index (χ3n) is 18.5. The van der Waals surface area contributed by atoms with E-state index in [4.69, 9.17) is 79.7 Å². The van der Waals surface area contributed by atoms with Crippen molar-refractivity contribution in [3.63, 3.8) is 0 Å². The second-order valence-electron chi connectivity index (χ2n) is 27.2. The van der Waals surface area contributed by atoms with Gasteiger partial charge in [0.15, 0.2) is 34.1 Å². The number of nitrogens with two attached hydrogens (primary N) is 3. The number of fused-ring (bicyclic) bond motifs is 1. The number of nitriles is 3. The van der Waals surface area contributed by atoms with Crippen LogP contribution < -0.4 is 44.1 Å². The maximum absolute atomic E-state index is 12.2. The van der Waals surface area contributed by atoms with Gasteiger partial charge in [-0.05, 0) is 125 Å². The molecular weight excluding hydrogens is 1470 g/mol. The van der Waals surface area contributed by atoms with Gasteiger partial charge in [0.25, 0.3) is 17.7 Å². The van der Waals surface area contributed by atoms with E-state index in [1.807, 2.05) is 6.07 Å². The summed E-state index contributed by atoms with van der Waals surface area (Å²) in [7, 11) is -6.96. The van der Waals surface area contributed by atoms with Crippen molar-refractivity contribution in [2.45, 2.75) is 142 Å². The maximum atomic E-state index is 12.2. The second-order valence-corrected chi connectivity index (χ2v) is 38.8. The SMILES string of the molecule is C.CC(C)(C)[Si](C)(C)OCc1cc(Nc2nn(C3COCC[C@@H]3C#N)cc2C(N)=O)cc(Cl)c1B(O)O.CC(C)(C)[Si](C)(C)OCc1cc(Nc2nn(C3COCC[C@@H]3C#N)cc2C(N)=O)cc(Cl)c1Br.Cl.N#C[C@H]1CCOCC1n1cc(C(N)=O)c(Nc2cc(Cl)c3c(c2)COB3O)n1. The van der Waals surface area contributed by atoms with Gasteiger partial charge in [-0.3, -0.25) is 28.4 Å². The molecule has 10 rings (SSSR count). The molecule has 4 aliphatic rings. The van der Waals surface area contributed by atoms with Gasteiger partial charge in [-0.1, -0.05) is 83.8 Å². The summed E-state index contributed by atoms with van der Waals surface area (Å²) < 4.78 is 39.8. The number of hydrogen-bond acceptors (Lipinski definition) is 21. The van der Waals surface area contributed by atoms with Crippen LogP contribution in [0.4, 0.5) is 34.5 Å². The van der Waals surface area contributed by atoms with Gasteiger partial charge in [0.2, 0.25) is 0 Å². The van der Waals surface area contributed by atoms with Gasteiger partial charge in [-0.25, -0.2) is 0 Å². The maximum Gasteiger partial charge on any atom is 0.493 e. The zero-order chi connectivity index (χ0) is 71.9. The summed E-state index contributed by atoms with van der Waals surface area (Å²) in [4.78, 5) is 36.2. The molecule has 6 aromatic rings. The Morgan fingerprint density at radius 2 is 0.990 bits per heavy atom. The summed E-state index contributed by atoms with van der Waals surface area (Å²) in [5, 5.41) is 81.9. The Bertz CT molecular complexity index is 4060. The van der Waals surface area contributed by atoms with Gasteiger partial charge in [0.05, 0.1) is 98.8 Å². The molecule has 100 heavy (non-hydrogen) atoms. The molecule has 3 unspecified atom stereocenters. The van der Waals surface area contributed by atoms with E-state index in [2.05, 4.69) is 133 Å². The number of carbonyl (C=O) groups is 3. The Balaban J connectivity index is 0.000000235. The number of ether oxygens (including phenoxy) is 3. The van der Waals surface area contributed by atoms with Crippen molar-refractivity contribution < 1.29 is 57.2 Å². The van der Waals surface area contributed by atoms with E-state index in [1.54, 1.807) is 39.8 Å². The number of amides is 3. The van der Waals surface area contributed by atoms with Gasteiger partial charge in [-0.2, -0.15) is 31.1 Å². The Kier molecular flexibility index (Phi) is 28.5. The molecule has 3 amide bonds. The van der Waals surface area contributed by atoms with Gasteiger partial charge < -0.3 is 75.9 Å². The zero-order valence-corrected chi connectivity index (χ0v) is 63.2. The van der Waals surface area contributed by atoms with E-state index < -0.39 is 48.6 Å². The Labute approximate surface area is 614 Å². The summed E-state index contributed by atoms with van der Waals surface area (Å²) in [5.74, 6) is -2.06. The lowest BCUT2D eigenvalue weighted by atomic mass is 9.77. The molecule has 0 bridgehead atoms. The number of hydrogen-bond donors (Lipinski definition) is 9. The molecule has 12 N–H and O–H groups in total. The predicted octanol–water partition coefficient (Wildman–Crippen LogP) is 10.2. The second kappa shape index (κ2) is 34.6. The number of nitrogens with zero attached hydrogens (tertiary/aromatic N) is 9. The van der Waals surface area contributed by atoms with Crippen molar-refractivity contribution in [1.82, 2.24) is 29.3 Å². The van der Waals surface area contributed by atoms with Gasteiger partial charge in [-0.15, -0.1) is 12.4 Å². The van der Waals surface area contributed by atoms with Crippen LogP contribution in [0.15, 0.2) is 59.5 Å². The first-order valence-corrected chi connectivity index (χ1v) is 39.3. The van der Waals surface area contributed by atoms with Crippen LogP contribution >= 0.6 is 63.1 Å². The van der Waals surface area contributed by atoms with Crippen LogP contribution in [0.25, 0.3) is 0 Å². The summed E-state index contributed by atoms with van der Waals surface area (Å²) >= 11 is 22.7. The number of aromatic nitrogens is 6. The van der Waals surface area contributed by atoms with Crippen molar-refractivity contribution >= 4 is 157 Å². The lowest BCUT2D eigenvalue weighted by Gasteiger charge is -2.36. The van der Waals surface area contributed by atoms with Crippen molar-refractivity contribution in [3.8, 4) is 18.2 Å². The van der Waals surface area contributed by atoms with Crippen LogP contribution in [-0.4, -0.2) is 133 Å². The molecule has 3 aromatic heterocycles. The van der Waals surface area contributed by atoms with Crippen molar-refractivity contribution in [2.75, 3.05) is 55.6 Å². The van der Waals surface area contributed by atoms with Gasteiger partial charge in [0.1, 0.15) is 16.7 Å². The molecule has 6 atom stereocenters. The fourth-order valence-electron chi connectivity index (χ4n) is 10.6. The third-order valence-corrected chi connectivity index (χ3v) is 29.5. The zero-order valence-electron chi connectivity index (χ0n) is 56.5. The first-order chi connectivity index (χ1) is 46.1. The molecule has 538 valence electrons. The predicted molar refractivity (Wildman–Crippen MR) is 395 cm³/mol. The number of anilines is 6. The van der Waals surface area contributed by atoms with Crippen molar-refractivity contribution in [3.05, 3.63) is 108 Å². The van der Waals surface area contributed by atoms with E-state index >= 15 is 0 Å². The summed E-state index contributed by atoms with van der Waals surface area (Å²) in [5.41, 5.74) is 21.8. The highest BCUT2D eigenvalue weighted by Crippen LogP contribution is 2.41. The molecule has 0 saturated carbocycles. The average Bonchev–Trinajstić information content (AvgIpc) is 1.61. The van der Waals surface area contributed by atoms with E-state index in [1.165, 1.54) is 23.1 Å². The Hall–Kier alpha value is -6.59. The van der Waals surface area contributed by atoms with E-state index in [-0.39, 0.29) is 118 Å². The molecule has 27 nitrogen and oxygen atoms in total.